The van der Waals surface area contributed by atoms with Crippen molar-refractivity contribution >= 4 is 34.9 Å². The number of pyridine rings is 1. The standard InChI is InChI=1S/C15H13ClFN3O3/c1-8(21)10-4-5-11(23-2)14(13(10)17)20-15(22)19-12-6-3-9(16)7-18-12/h3-7H,1-2H3,(H2,18,19,20,22). The molecule has 1 aromatic heterocycles. The summed E-state index contributed by atoms with van der Waals surface area (Å²) in [6.45, 7) is 1.23. The van der Waals surface area contributed by atoms with Crippen LogP contribution in [-0.2, 0) is 0 Å². The lowest BCUT2D eigenvalue weighted by Crippen LogP contribution is -2.21. The number of aromatic nitrogens is 1. The van der Waals surface area contributed by atoms with E-state index < -0.39 is 17.6 Å². The molecule has 0 radical (unpaired) electrons. The van der Waals surface area contributed by atoms with E-state index in [1.54, 1.807) is 6.07 Å². The van der Waals surface area contributed by atoms with Crippen LogP contribution in [0.4, 0.5) is 20.7 Å². The average molecular weight is 338 g/mol. The second-order valence-electron chi connectivity index (χ2n) is 4.50. The van der Waals surface area contributed by atoms with Crippen LogP contribution < -0.4 is 15.4 Å². The van der Waals surface area contributed by atoms with Gasteiger partial charge in [-0.2, -0.15) is 0 Å². The van der Waals surface area contributed by atoms with E-state index >= 15 is 0 Å². The van der Waals surface area contributed by atoms with Crippen LogP contribution in [0.5, 0.6) is 5.75 Å². The van der Waals surface area contributed by atoms with E-state index in [1.807, 2.05) is 0 Å². The minimum absolute atomic E-state index is 0.0896. The molecule has 0 spiro atoms. The Morgan fingerprint density at radius 3 is 2.52 bits per heavy atom. The number of hydrogen-bond donors (Lipinski definition) is 2. The van der Waals surface area contributed by atoms with Crippen molar-refractivity contribution in [3.63, 3.8) is 0 Å². The Morgan fingerprint density at radius 1 is 1.22 bits per heavy atom. The largest absolute Gasteiger partial charge is 0.494 e. The van der Waals surface area contributed by atoms with Crippen LogP contribution in [0.2, 0.25) is 5.02 Å². The van der Waals surface area contributed by atoms with E-state index in [1.165, 1.54) is 38.4 Å². The minimum Gasteiger partial charge on any atom is -0.494 e. The minimum atomic E-state index is -0.865. The molecule has 0 saturated carbocycles. The Hall–Kier alpha value is -2.67. The molecule has 2 rings (SSSR count). The number of methoxy groups -OCH3 is 1. The fourth-order valence-electron chi connectivity index (χ4n) is 1.83. The summed E-state index contributed by atoms with van der Waals surface area (Å²) < 4.78 is 19.3. The van der Waals surface area contributed by atoms with Gasteiger partial charge < -0.3 is 10.1 Å². The molecule has 0 atom stereocenters. The number of nitrogens with one attached hydrogen (secondary N) is 2. The van der Waals surface area contributed by atoms with E-state index in [0.717, 1.165) is 0 Å². The van der Waals surface area contributed by atoms with E-state index in [-0.39, 0.29) is 22.8 Å². The maximum absolute atomic E-state index is 14.3. The van der Waals surface area contributed by atoms with Crippen LogP contribution in [0.25, 0.3) is 0 Å². The van der Waals surface area contributed by atoms with Gasteiger partial charge in [-0.1, -0.05) is 11.6 Å². The van der Waals surface area contributed by atoms with Crippen molar-refractivity contribution in [1.82, 2.24) is 4.98 Å². The lowest BCUT2D eigenvalue weighted by atomic mass is 10.1. The number of ether oxygens (including phenoxy) is 1. The molecule has 8 heteroatoms. The predicted molar refractivity (Wildman–Crippen MR) is 84.8 cm³/mol. The number of urea groups is 1. The highest BCUT2D eigenvalue weighted by Crippen LogP contribution is 2.30. The Morgan fingerprint density at radius 2 is 1.96 bits per heavy atom. The Bertz CT molecular complexity index is 750. The van der Waals surface area contributed by atoms with Gasteiger partial charge in [-0.05, 0) is 31.2 Å². The zero-order valence-corrected chi connectivity index (χ0v) is 13.1. The molecule has 2 aromatic rings. The average Bonchev–Trinajstić information content (AvgIpc) is 2.51. The Kier molecular flexibility index (Phi) is 5.13. The van der Waals surface area contributed by atoms with Gasteiger partial charge in [0.25, 0.3) is 0 Å². The van der Waals surface area contributed by atoms with Crippen LogP contribution in [0.15, 0.2) is 30.5 Å². The van der Waals surface area contributed by atoms with Crippen LogP contribution >= 0.6 is 11.6 Å². The lowest BCUT2D eigenvalue weighted by molar-refractivity contribution is 0.101. The molecular formula is C15H13ClFN3O3. The van der Waals surface area contributed by atoms with Gasteiger partial charge in [0.05, 0.1) is 17.7 Å². The monoisotopic (exact) mass is 337 g/mol. The van der Waals surface area contributed by atoms with Gasteiger partial charge in [-0.25, -0.2) is 14.2 Å². The number of amides is 2. The summed E-state index contributed by atoms with van der Waals surface area (Å²) in [5.41, 5.74) is -0.377. The smallest absolute Gasteiger partial charge is 0.325 e. The number of anilines is 2. The first-order valence-electron chi connectivity index (χ1n) is 6.49. The number of nitrogens with zero attached hydrogens (tertiary/aromatic N) is 1. The molecule has 0 aliphatic rings. The summed E-state index contributed by atoms with van der Waals surface area (Å²) in [7, 11) is 1.33. The molecule has 2 amide bonds. The van der Waals surface area contributed by atoms with Crippen LogP contribution in [0, 0.1) is 5.82 Å². The molecular weight excluding hydrogens is 325 g/mol. The maximum Gasteiger partial charge on any atom is 0.325 e. The molecule has 0 fully saturated rings. The van der Waals surface area contributed by atoms with Crippen molar-refractivity contribution in [3.8, 4) is 5.75 Å². The summed E-state index contributed by atoms with van der Waals surface area (Å²) in [4.78, 5) is 27.2. The first-order chi connectivity index (χ1) is 10.9. The highest BCUT2D eigenvalue weighted by Gasteiger charge is 2.19. The van der Waals surface area contributed by atoms with Crippen molar-refractivity contribution < 1.29 is 18.7 Å². The fraction of sp³-hybridized carbons (Fsp3) is 0.133. The predicted octanol–water partition coefficient (Wildman–Crippen LogP) is 3.73. The third-order valence-electron chi connectivity index (χ3n) is 2.91. The van der Waals surface area contributed by atoms with Crippen molar-refractivity contribution in [3.05, 3.63) is 46.9 Å². The zero-order valence-electron chi connectivity index (χ0n) is 12.3. The number of carbonyl (C=O) groups is 2. The van der Waals surface area contributed by atoms with Crippen molar-refractivity contribution in [2.75, 3.05) is 17.7 Å². The number of carbonyl (C=O) groups excluding carboxylic acids is 2. The zero-order chi connectivity index (χ0) is 17.0. The van der Waals surface area contributed by atoms with Gasteiger partial charge >= 0.3 is 6.03 Å². The number of rotatable bonds is 4. The van der Waals surface area contributed by atoms with Crippen LogP contribution in [0.3, 0.4) is 0 Å². The number of benzene rings is 1. The Labute approximate surface area is 136 Å². The normalized spacial score (nSPS) is 10.1. The molecule has 0 aliphatic heterocycles. The van der Waals surface area contributed by atoms with Gasteiger partial charge in [0.2, 0.25) is 0 Å². The van der Waals surface area contributed by atoms with Gasteiger partial charge in [-0.15, -0.1) is 0 Å². The highest BCUT2D eigenvalue weighted by atomic mass is 35.5. The summed E-state index contributed by atoms with van der Waals surface area (Å²) >= 11 is 5.70. The third-order valence-corrected chi connectivity index (χ3v) is 3.13. The third kappa shape index (κ3) is 3.95. The van der Waals surface area contributed by atoms with Gasteiger partial charge in [0.15, 0.2) is 11.6 Å². The number of Topliss-reactive ketones (excluding diaryl/α,β-unsaturated/α-hetero) is 1. The molecule has 1 heterocycles. The van der Waals surface area contributed by atoms with E-state index in [0.29, 0.717) is 5.02 Å². The highest BCUT2D eigenvalue weighted by molar-refractivity contribution is 6.30. The quantitative estimate of drug-likeness (QED) is 0.833. The van der Waals surface area contributed by atoms with E-state index in [4.69, 9.17) is 16.3 Å². The summed E-state index contributed by atoms with van der Waals surface area (Å²) in [5.74, 6) is -1.01. The fourth-order valence-corrected chi connectivity index (χ4v) is 1.94. The SMILES string of the molecule is COc1ccc(C(C)=O)c(F)c1NC(=O)Nc1ccc(Cl)cn1. The van der Waals surface area contributed by atoms with Gasteiger partial charge in [0.1, 0.15) is 17.3 Å². The molecule has 23 heavy (non-hydrogen) atoms. The molecule has 0 unspecified atom stereocenters. The number of hydrogen-bond acceptors (Lipinski definition) is 4. The second-order valence-corrected chi connectivity index (χ2v) is 4.94. The summed E-state index contributed by atoms with van der Waals surface area (Å²) in [6.07, 6.45) is 1.36. The van der Waals surface area contributed by atoms with Crippen molar-refractivity contribution in [2.24, 2.45) is 0 Å². The summed E-state index contributed by atoms with van der Waals surface area (Å²) in [6, 6.07) is 4.98. The maximum atomic E-state index is 14.3. The molecule has 6 nitrogen and oxygen atoms in total. The second kappa shape index (κ2) is 7.06. The molecule has 1 aromatic carbocycles. The van der Waals surface area contributed by atoms with Crippen LogP contribution in [0.1, 0.15) is 17.3 Å². The van der Waals surface area contributed by atoms with Gasteiger partial charge in [0, 0.05) is 6.20 Å². The number of halogens is 2. The molecule has 0 aliphatic carbocycles. The first kappa shape index (κ1) is 16.7. The van der Waals surface area contributed by atoms with E-state index in [2.05, 4.69) is 15.6 Å². The molecule has 0 bridgehead atoms. The molecule has 0 saturated heterocycles. The lowest BCUT2D eigenvalue weighted by Gasteiger charge is -2.13. The molecule has 2 N–H and O–H groups in total. The summed E-state index contributed by atoms with van der Waals surface area (Å²) in [5, 5.41) is 5.15. The van der Waals surface area contributed by atoms with E-state index in [9.17, 15) is 14.0 Å². The van der Waals surface area contributed by atoms with Crippen molar-refractivity contribution in [2.45, 2.75) is 6.92 Å². The first-order valence-corrected chi connectivity index (χ1v) is 6.87. The van der Waals surface area contributed by atoms with Crippen molar-refractivity contribution in [1.29, 1.82) is 0 Å². The topological polar surface area (TPSA) is 80.3 Å². The number of ketones is 1. The van der Waals surface area contributed by atoms with Gasteiger partial charge in [-0.3, -0.25) is 10.1 Å². The molecule has 120 valence electrons. The van der Waals surface area contributed by atoms with Crippen LogP contribution in [-0.4, -0.2) is 23.9 Å². The Balaban J connectivity index is 2.24.